The minimum atomic E-state index is -0.180. The number of carbonyl (C=O) groups is 1. The molecule has 2 heterocycles. The number of anilines is 4. The van der Waals surface area contributed by atoms with Crippen LogP contribution in [0, 0.1) is 19.3 Å². The number of rotatable bonds is 7. The molecule has 1 aromatic heterocycles. The number of nitrogens with one attached hydrogen (secondary N) is 4. The summed E-state index contributed by atoms with van der Waals surface area (Å²) >= 11 is 0. The Hall–Kier alpha value is -3.81. The standard InChI is InChI=1S/C27H35N7O/c1-17-8-7-9-18(2)24(17)31-25-23(14-28)26(33(6)32-25)30-16-29-22-11-10-20-13-27(4,5)34(19(3)35)15-21(20)12-22/h7-12,14,28-30H,13,15-16H2,1-6H3,(H,31,32). The highest BCUT2D eigenvalue weighted by atomic mass is 16.2. The third kappa shape index (κ3) is 4.87. The van der Waals surface area contributed by atoms with Crippen LogP contribution in [0.2, 0.25) is 0 Å². The molecule has 184 valence electrons. The number of aryl methyl sites for hydroxylation is 3. The largest absolute Gasteiger partial charge is 0.368 e. The van der Waals surface area contributed by atoms with Gasteiger partial charge in [0.15, 0.2) is 5.82 Å². The summed E-state index contributed by atoms with van der Waals surface area (Å²) in [5.41, 5.74) is 7.21. The van der Waals surface area contributed by atoms with E-state index < -0.39 is 0 Å². The van der Waals surface area contributed by atoms with Crippen LogP contribution in [0.25, 0.3) is 0 Å². The Labute approximate surface area is 207 Å². The molecule has 1 aliphatic heterocycles. The number of benzene rings is 2. The van der Waals surface area contributed by atoms with Crippen molar-refractivity contribution in [1.82, 2.24) is 14.7 Å². The van der Waals surface area contributed by atoms with Gasteiger partial charge in [0.05, 0.1) is 12.2 Å². The van der Waals surface area contributed by atoms with Gasteiger partial charge in [-0.1, -0.05) is 24.3 Å². The molecule has 4 N–H and O–H groups in total. The quantitative estimate of drug-likeness (QED) is 0.288. The number of fused-ring (bicyclic) bond motifs is 1. The van der Waals surface area contributed by atoms with E-state index in [9.17, 15) is 4.79 Å². The zero-order valence-electron chi connectivity index (χ0n) is 21.4. The van der Waals surface area contributed by atoms with Crippen molar-refractivity contribution in [2.45, 2.75) is 53.1 Å². The SMILES string of the molecule is CC(=O)N1Cc2cc(NCNc3c(C=N)c(Nc4c(C)cccc4C)nn3C)ccc2CC1(C)C. The lowest BCUT2D eigenvalue weighted by molar-refractivity contribution is -0.135. The van der Waals surface area contributed by atoms with E-state index >= 15 is 0 Å². The second-order valence-electron chi connectivity index (χ2n) is 9.88. The van der Waals surface area contributed by atoms with Crippen molar-refractivity contribution in [3.05, 3.63) is 64.2 Å². The van der Waals surface area contributed by atoms with Crippen molar-refractivity contribution in [2.24, 2.45) is 7.05 Å². The second-order valence-corrected chi connectivity index (χ2v) is 9.88. The minimum Gasteiger partial charge on any atom is -0.368 e. The molecule has 3 aromatic rings. The zero-order valence-corrected chi connectivity index (χ0v) is 21.4. The monoisotopic (exact) mass is 473 g/mol. The van der Waals surface area contributed by atoms with Crippen molar-refractivity contribution >= 4 is 35.1 Å². The molecule has 0 spiro atoms. The predicted molar refractivity (Wildman–Crippen MR) is 143 cm³/mol. The van der Waals surface area contributed by atoms with Crippen molar-refractivity contribution in [2.75, 3.05) is 22.6 Å². The molecular formula is C27H35N7O. The summed E-state index contributed by atoms with van der Waals surface area (Å²) < 4.78 is 1.75. The van der Waals surface area contributed by atoms with Gasteiger partial charge in [0.1, 0.15) is 5.82 Å². The Morgan fingerprint density at radius 3 is 2.51 bits per heavy atom. The summed E-state index contributed by atoms with van der Waals surface area (Å²) in [7, 11) is 1.86. The van der Waals surface area contributed by atoms with Gasteiger partial charge in [-0.15, -0.1) is 0 Å². The fraction of sp³-hybridized carbons (Fsp3) is 0.370. The molecule has 1 amide bonds. The van der Waals surface area contributed by atoms with Gasteiger partial charge in [0, 0.05) is 43.6 Å². The van der Waals surface area contributed by atoms with Gasteiger partial charge in [-0.2, -0.15) is 5.10 Å². The lowest BCUT2D eigenvalue weighted by Gasteiger charge is -2.43. The van der Waals surface area contributed by atoms with E-state index in [4.69, 9.17) is 5.41 Å². The molecule has 8 heteroatoms. The van der Waals surface area contributed by atoms with Gasteiger partial charge in [-0.25, -0.2) is 0 Å². The maximum Gasteiger partial charge on any atom is 0.220 e. The van der Waals surface area contributed by atoms with Crippen LogP contribution in [0.1, 0.15) is 48.6 Å². The fourth-order valence-electron chi connectivity index (χ4n) is 4.88. The third-order valence-electron chi connectivity index (χ3n) is 6.77. The highest BCUT2D eigenvalue weighted by molar-refractivity contribution is 5.93. The number of nitrogens with zero attached hydrogens (tertiary/aromatic N) is 3. The normalized spacial score (nSPS) is 14.3. The average molecular weight is 474 g/mol. The first-order valence-corrected chi connectivity index (χ1v) is 11.9. The average Bonchev–Trinajstić information content (AvgIpc) is 3.09. The van der Waals surface area contributed by atoms with Gasteiger partial charge in [-0.05, 0) is 68.5 Å². The van der Waals surface area contributed by atoms with Crippen molar-refractivity contribution in [3.63, 3.8) is 0 Å². The Morgan fingerprint density at radius 2 is 1.86 bits per heavy atom. The second kappa shape index (κ2) is 9.44. The van der Waals surface area contributed by atoms with E-state index in [0.717, 1.165) is 34.7 Å². The molecule has 0 radical (unpaired) electrons. The van der Waals surface area contributed by atoms with Crippen LogP contribution in [0.15, 0.2) is 36.4 Å². The van der Waals surface area contributed by atoms with E-state index in [1.807, 2.05) is 18.0 Å². The Balaban J connectivity index is 1.47. The van der Waals surface area contributed by atoms with Crippen LogP contribution >= 0.6 is 0 Å². The minimum absolute atomic E-state index is 0.0985. The van der Waals surface area contributed by atoms with E-state index in [1.54, 1.807) is 11.6 Å². The first-order chi connectivity index (χ1) is 16.6. The summed E-state index contributed by atoms with van der Waals surface area (Å²) in [6, 6.07) is 12.5. The van der Waals surface area contributed by atoms with Gasteiger partial charge in [-0.3, -0.25) is 9.48 Å². The maximum atomic E-state index is 12.2. The molecule has 0 aliphatic carbocycles. The van der Waals surface area contributed by atoms with Crippen LogP contribution in [0.3, 0.4) is 0 Å². The van der Waals surface area contributed by atoms with Crippen LogP contribution in [0.5, 0.6) is 0 Å². The van der Waals surface area contributed by atoms with E-state index in [1.165, 1.54) is 17.3 Å². The summed E-state index contributed by atoms with van der Waals surface area (Å²) in [4.78, 5) is 14.1. The molecule has 8 nitrogen and oxygen atoms in total. The molecule has 0 saturated heterocycles. The van der Waals surface area contributed by atoms with Crippen molar-refractivity contribution in [3.8, 4) is 0 Å². The summed E-state index contributed by atoms with van der Waals surface area (Å²) in [5, 5.41) is 22.8. The van der Waals surface area contributed by atoms with Crippen LogP contribution in [0.4, 0.5) is 23.0 Å². The first kappa shape index (κ1) is 24.3. The van der Waals surface area contributed by atoms with Gasteiger partial charge in [0.25, 0.3) is 0 Å². The van der Waals surface area contributed by atoms with Crippen LogP contribution < -0.4 is 16.0 Å². The molecule has 0 atom stereocenters. The number of hydrogen-bond acceptors (Lipinski definition) is 6. The Bertz CT molecular complexity index is 1250. The van der Waals surface area contributed by atoms with Gasteiger partial charge in [0.2, 0.25) is 5.91 Å². The Kier molecular flexibility index (Phi) is 6.56. The molecule has 0 bridgehead atoms. The fourth-order valence-corrected chi connectivity index (χ4v) is 4.88. The Morgan fingerprint density at radius 1 is 1.14 bits per heavy atom. The third-order valence-corrected chi connectivity index (χ3v) is 6.77. The van der Waals surface area contributed by atoms with Crippen molar-refractivity contribution in [1.29, 1.82) is 5.41 Å². The number of aromatic nitrogens is 2. The van der Waals surface area contributed by atoms with Gasteiger partial charge >= 0.3 is 0 Å². The number of amides is 1. The highest BCUT2D eigenvalue weighted by Gasteiger charge is 2.34. The van der Waals surface area contributed by atoms with E-state index in [0.29, 0.717) is 24.6 Å². The van der Waals surface area contributed by atoms with Crippen LogP contribution in [-0.4, -0.2) is 39.0 Å². The van der Waals surface area contributed by atoms with E-state index in [2.05, 4.69) is 79.1 Å². The summed E-state index contributed by atoms with van der Waals surface area (Å²) in [6.07, 6.45) is 2.16. The molecule has 1 aliphatic rings. The van der Waals surface area contributed by atoms with Crippen LogP contribution in [-0.2, 0) is 24.8 Å². The molecule has 35 heavy (non-hydrogen) atoms. The van der Waals surface area contributed by atoms with E-state index in [-0.39, 0.29) is 11.4 Å². The molecular weight excluding hydrogens is 438 g/mol. The molecule has 2 aromatic carbocycles. The lowest BCUT2D eigenvalue weighted by atomic mass is 9.85. The predicted octanol–water partition coefficient (Wildman–Crippen LogP) is 4.94. The molecule has 4 rings (SSSR count). The maximum absolute atomic E-state index is 12.2. The molecule has 0 saturated carbocycles. The molecule has 0 unspecified atom stereocenters. The zero-order chi connectivity index (χ0) is 25.3. The number of para-hydroxylation sites is 1. The smallest absolute Gasteiger partial charge is 0.220 e. The summed E-state index contributed by atoms with van der Waals surface area (Å²) in [6.45, 7) is 11.1. The number of carbonyl (C=O) groups excluding carboxylic acids is 1. The lowest BCUT2D eigenvalue weighted by Crippen LogP contribution is -2.50. The topological polar surface area (TPSA) is 98.1 Å². The molecule has 0 fully saturated rings. The van der Waals surface area contributed by atoms with Crippen molar-refractivity contribution < 1.29 is 4.79 Å². The highest BCUT2D eigenvalue weighted by Crippen LogP contribution is 2.32. The van der Waals surface area contributed by atoms with Gasteiger partial charge < -0.3 is 26.3 Å². The summed E-state index contributed by atoms with van der Waals surface area (Å²) in [5.74, 6) is 1.49. The first-order valence-electron chi connectivity index (χ1n) is 11.9. The number of hydrogen-bond donors (Lipinski definition) is 4.